The molecule has 2 aromatic carbocycles. The first kappa shape index (κ1) is 20.6. The summed E-state index contributed by atoms with van der Waals surface area (Å²) in [6, 6.07) is 14.6. The molecule has 0 saturated carbocycles. The van der Waals surface area contributed by atoms with E-state index in [0.29, 0.717) is 12.5 Å². The topological polar surface area (TPSA) is 66.6 Å². The number of nitrogens with one attached hydrogen (secondary N) is 2. The van der Waals surface area contributed by atoms with Crippen molar-refractivity contribution < 1.29 is 14.3 Å². The molecule has 4 aliphatic heterocycles. The van der Waals surface area contributed by atoms with E-state index in [1.165, 1.54) is 5.39 Å². The Hall–Kier alpha value is -2.99. The Morgan fingerprint density at radius 2 is 1.91 bits per heavy atom. The molecule has 3 fully saturated rings. The van der Waals surface area contributed by atoms with Crippen LogP contribution in [0.2, 0.25) is 0 Å². The number of carbonyl (C=O) groups is 1. The molecule has 5 heterocycles. The average molecular weight is 446 g/mol. The summed E-state index contributed by atoms with van der Waals surface area (Å²) in [6.45, 7) is 7.91. The Bertz CT molecular complexity index is 1190. The van der Waals surface area contributed by atoms with Crippen LogP contribution in [0.25, 0.3) is 22.0 Å². The van der Waals surface area contributed by atoms with Gasteiger partial charge in [0.25, 0.3) is 0 Å². The maximum absolute atomic E-state index is 12.9. The van der Waals surface area contributed by atoms with Crippen molar-refractivity contribution in [3.63, 3.8) is 0 Å². The minimum atomic E-state index is -0.319. The minimum absolute atomic E-state index is 0.000192. The maximum atomic E-state index is 12.9. The lowest BCUT2D eigenvalue weighted by Gasteiger charge is -2.44. The molecule has 1 amide bonds. The zero-order valence-corrected chi connectivity index (χ0v) is 19.3. The van der Waals surface area contributed by atoms with Gasteiger partial charge in [-0.2, -0.15) is 0 Å². The third-order valence-corrected chi connectivity index (χ3v) is 7.71. The van der Waals surface area contributed by atoms with E-state index in [0.717, 1.165) is 60.4 Å². The van der Waals surface area contributed by atoms with Crippen LogP contribution in [0.5, 0.6) is 5.75 Å². The van der Waals surface area contributed by atoms with Gasteiger partial charge >= 0.3 is 6.09 Å². The highest BCUT2D eigenvalue weighted by Gasteiger charge is 2.41. The number of carbonyl (C=O) groups excluding carboxylic acids is 1. The van der Waals surface area contributed by atoms with Gasteiger partial charge in [0.15, 0.2) is 0 Å². The Labute approximate surface area is 194 Å². The van der Waals surface area contributed by atoms with Crippen molar-refractivity contribution >= 4 is 17.0 Å². The van der Waals surface area contributed by atoms with Gasteiger partial charge in [-0.3, -0.25) is 4.90 Å². The summed E-state index contributed by atoms with van der Waals surface area (Å²) >= 11 is 0. The molecule has 1 aromatic heterocycles. The molecule has 3 saturated heterocycles. The van der Waals surface area contributed by atoms with Crippen LogP contribution in [0.3, 0.4) is 0 Å². The molecule has 6 heteroatoms. The summed E-state index contributed by atoms with van der Waals surface area (Å²) in [5.41, 5.74) is 4.10. The molecule has 6 nitrogen and oxygen atoms in total. The van der Waals surface area contributed by atoms with Crippen LogP contribution in [0, 0.1) is 11.3 Å². The van der Waals surface area contributed by atoms with E-state index in [2.05, 4.69) is 71.5 Å². The van der Waals surface area contributed by atoms with Crippen molar-refractivity contribution in [3.8, 4) is 16.9 Å². The number of piperidine rings is 3. The molecule has 0 radical (unpaired) electrons. The van der Waals surface area contributed by atoms with E-state index < -0.39 is 0 Å². The second kappa shape index (κ2) is 7.80. The van der Waals surface area contributed by atoms with Crippen molar-refractivity contribution in [2.45, 2.75) is 38.8 Å². The standard InChI is InChI=1S/C27H31N3O3/c1-27(2)16-32-23-14-20(19-4-3-17-7-10-28-22(17)13-19)5-6-21(23)25(27)29-26(31)33-24-15-30-11-8-18(24)9-12-30/h3-7,10,13-14,18,24-25,28H,8-9,11-12,15-16H2,1-2H3,(H,29,31)/t24-,25?/m1/s1. The van der Waals surface area contributed by atoms with Crippen molar-refractivity contribution in [3.05, 3.63) is 54.2 Å². The molecule has 4 aliphatic rings. The van der Waals surface area contributed by atoms with Gasteiger partial charge in [0.2, 0.25) is 0 Å². The number of nitrogens with zero attached hydrogens (tertiary/aromatic N) is 1. The van der Waals surface area contributed by atoms with Crippen LogP contribution in [-0.2, 0) is 4.74 Å². The highest BCUT2D eigenvalue weighted by molar-refractivity contribution is 5.85. The number of amides is 1. The number of H-pyrrole nitrogens is 1. The number of fused-ring (bicyclic) bond motifs is 5. The number of rotatable bonds is 3. The number of aromatic nitrogens is 1. The summed E-state index contributed by atoms with van der Waals surface area (Å²) < 4.78 is 12.1. The molecular weight excluding hydrogens is 414 g/mol. The van der Waals surface area contributed by atoms with Crippen LogP contribution < -0.4 is 10.1 Å². The Kier molecular flexibility index (Phi) is 4.87. The highest BCUT2D eigenvalue weighted by atomic mass is 16.6. The second-order valence-corrected chi connectivity index (χ2v) is 10.5. The predicted octanol–water partition coefficient (Wildman–Crippen LogP) is 5.12. The second-order valence-electron chi connectivity index (χ2n) is 10.5. The first-order valence-corrected chi connectivity index (χ1v) is 12.0. The number of benzene rings is 2. The summed E-state index contributed by atoms with van der Waals surface area (Å²) in [7, 11) is 0. The average Bonchev–Trinajstić information content (AvgIpc) is 3.29. The summed E-state index contributed by atoms with van der Waals surface area (Å²) in [5.74, 6) is 1.32. The first-order valence-electron chi connectivity index (χ1n) is 12.0. The van der Waals surface area contributed by atoms with E-state index in [1.807, 2.05) is 6.20 Å². The van der Waals surface area contributed by atoms with Crippen molar-refractivity contribution in [1.29, 1.82) is 0 Å². The minimum Gasteiger partial charge on any atom is -0.493 e. The Morgan fingerprint density at radius 3 is 2.70 bits per heavy atom. The van der Waals surface area contributed by atoms with Crippen LogP contribution in [-0.4, -0.2) is 48.3 Å². The van der Waals surface area contributed by atoms with E-state index in [9.17, 15) is 4.79 Å². The molecule has 172 valence electrons. The first-order chi connectivity index (χ1) is 16.0. The fraction of sp³-hybridized carbons (Fsp3) is 0.444. The van der Waals surface area contributed by atoms with Crippen molar-refractivity contribution in [1.82, 2.24) is 15.2 Å². The van der Waals surface area contributed by atoms with E-state index in [-0.39, 0.29) is 23.7 Å². The smallest absolute Gasteiger partial charge is 0.407 e. The molecular formula is C27H31N3O3. The zero-order valence-electron chi connectivity index (χ0n) is 19.3. The van der Waals surface area contributed by atoms with Crippen molar-refractivity contribution in [2.75, 3.05) is 26.2 Å². The molecule has 0 aliphatic carbocycles. The number of hydrogen-bond acceptors (Lipinski definition) is 4. The molecule has 7 rings (SSSR count). The van der Waals surface area contributed by atoms with Gasteiger partial charge < -0.3 is 19.8 Å². The highest BCUT2D eigenvalue weighted by Crippen LogP contribution is 2.44. The lowest BCUT2D eigenvalue weighted by Crippen LogP contribution is -2.53. The van der Waals surface area contributed by atoms with E-state index in [1.54, 1.807) is 0 Å². The number of aromatic amines is 1. The molecule has 2 bridgehead atoms. The summed E-state index contributed by atoms with van der Waals surface area (Å²) in [4.78, 5) is 18.6. The molecule has 0 spiro atoms. The van der Waals surface area contributed by atoms with E-state index in [4.69, 9.17) is 9.47 Å². The molecule has 1 unspecified atom stereocenters. The summed E-state index contributed by atoms with van der Waals surface area (Å²) in [6.07, 6.45) is 3.89. The molecule has 33 heavy (non-hydrogen) atoms. The van der Waals surface area contributed by atoms with Crippen LogP contribution in [0.15, 0.2) is 48.7 Å². The van der Waals surface area contributed by atoms with Crippen molar-refractivity contribution in [2.24, 2.45) is 11.3 Å². The Morgan fingerprint density at radius 1 is 1.12 bits per heavy atom. The largest absolute Gasteiger partial charge is 0.493 e. The summed E-state index contributed by atoms with van der Waals surface area (Å²) in [5, 5.41) is 4.38. The molecule has 2 N–H and O–H groups in total. The Balaban J connectivity index is 1.23. The fourth-order valence-electron chi connectivity index (χ4n) is 5.68. The van der Waals surface area contributed by atoms with E-state index >= 15 is 0 Å². The monoisotopic (exact) mass is 445 g/mol. The molecule has 2 atom stereocenters. The van der Waals surface area contributed by atoms with Crippen LogP contribution in [0.4, 0.5) is 4.79 Å². The number of alkyl carbamates (subject to hydrolysis) is 1. The third kappa shape index (κ3) is 3.76. The lowest BCUT2D eigenvalue weighted by molar-refractivity contribution is -0.0361. The predicted molar refractivity (Wildman–Crippen MR) is 128 cm³/mol. The van der Waals surface area contributed by atoms with Gasteiger partial charge in [-0.05, 0) is 66.6 Å². The van der Waals surface area contributed by atoms with Gasteiger partial charge in [-0.25, -0.2) is 4.79 Å². The SMILES string of the molecule is CC1(C)COc2cc(-c3ccc4cc[nH]c4c3)ccc2C1NC(=O)O[C@@H]1CN2CCC1CC2. The normalized spacial score (nSPS) is 27.6. The third-order valence-electron chi connectivity index (χ3n) is 7.71. The van der Waals surface area contributed by atoms with Gasteiger partial charge in [-0.15, -0.1) is 0 Å². The zero-order chi connectivity index (χ0) is 22.6. The van der Waals surface area contributed by atoms with Gasteiger partial charge in [0.05, 0.1) is 12.6 Å². The molecule has 3 aromatic rings. The lowest BCUT2D eigenvalue weighted by atomic mass is 9.78. The number of ether oxygens (including phenoxy) is 2. The quantitative estimate of drug-likeness (QED) is 0.588. The van der Waals surface area contributed by atoms with Gasteiger partial charge in [0.1, 0.15) is 11.9 Å². The van der Waals surface area contributed by atoms with Crippen LogP contribution in [0.1, 0.15) is 38.3 Å². The van der Waals surface area contributed by atoms with Gasteiger partial charge in [-0.1, -0.05) is 38.1 Å². The van der Waals surface area contributed by atoms with Gasteiger partial charge in [0, 0.05) is 29.2 Å². The van der Waals surface area contributed by atoms with Crippen LogP contribution >= 0.6 is 0 Å². The fourth-order valence-corrected chi connectivity index (χ4v) is 5.68. The maximum Gasteiger partial charge on any atom is 0.407 e. The number of hydrogen-bond donors (Lipinski definition) is 2.